The number of likely N-dealkylation sites (tertiary alicyclic amines) is 1. The highest BCUT2D eigenvalue weighted by atomic mass is 32.1. The third kappa shape index (κ3) is 5.02. The zero-order chi connectivity index (χ0) is 22.8. The average Bonchev–Trinajstić information content (AvgIpc) is 3.24. The highest BCUT2D eigenvalue weighted by Gasteiger charge is 2.21. The summed E-state index contributed by atoms with van der Waals surface area (Å²) in [5, 5.41) is 5.22. The Bertz CT molecular complexity index is 1290. The molecule has 33 heavy (non-hydrogen) atoms. The van der Waals surface area contributed by atoms with Crippen molar-refractivity contribution in [1.82, 2.24) is 15.2 Å². The van der Waals surface area contributed by atoms with Gasteiger partial charge in [0, 0.05) is 29.9 Å². The summed E-state index contributed by atoms with van der Waals surface area (Å²) in [6.07, 6.45) is 2.24. The number of hydrogen-bond donors (Lipinski definition) is 1. The van der Waals surface area contributed by atoms with Crippen LogP contribution in [0.15, 0.2) is 54.6 Å². The first-order valence-corrected chi connectivity index (χ1v) is 12.3. The summed E-state index contributed by atoms with van der Waals surface area (Å²) in [7, 11) is 1.65. The van der Waals surface area contributed by atoms with E-state index in [9.17, 15) is 4.79 Å². The summed E-state index contributed by atoms with van der Waals surface area (Å²) >= 11 is 1.45. The first-order valence-electron chi connectivity index (χ1n) is 11.5. The maximum absolute atomic E-state index is 12.8. The van der Waals surface area contributed by atoms with Gasteiger partial charge in [-0.1, -0.05) is 29.8 Å². The quantitative estimate of drug-likeness (QED) is 0.419. The molecule has 0 bridgehead atoms. The number of piperidine rings is 1. The van der Waals surface area contributed by atoms with Gasteiger partial charge in [-0.2, -0.15) is 0 Å². The summed E-state index contributed by atoms with van der Waals surface area (Å²) in [4.78, 5) is 21.7. The fourth-order valence-electron chi connectivity index (χ4n) is 4.59. The van der Waals surface area contributed by atoms with E-state index in [1.165, 1.54) is 22.5 Å². The molecule has 2 aromatic heterocycles. The molecule has 0 aliphatic carbocycles. The molecule has 1 saturated heterocycles. The maximum Gasteiger partial charge on any atom is 0.261 e. The van der Waals surface area contributed by atoms with Crippen molar-refractivity contribution in [3.05, 3.63) is 70.6 Å². The minimum absolute atomic E-state index is 0.00169. The van der Waals surface area contributed by atoms with Crippen LogP contribution in [-0.2, 0) is 6.54 Å². The third-order valence-electron chi connectivity index (χ3n) is 6.48. The zero-order valence-corrected chi connectivity index (χ0v) is 20.0. The van der Waals surface area contributed by atoms with Crippen LogP contribution >= 0.6 is 11.3 Å². The Morgan fingerprint density at radius 3 is 2.76 bits per heavy atom. The molecule has 5 rings (SSSR count). The average molecular weight is 460 g/mol. The Morgan fingerprint density at radius 2 is 1.97 bits per heavy atom. The molecule has 170 valence electrons. The van der Waals surface area contributed by atoms with Crippen molar-refractivity contribution in [2.45, 2.75) is 26.3 Å². The topological polar surface area (TPSA) is 54.5 Å². The van der Waals surface area contributed by atoms with Crippen molar-refractivity contribution in [2.75, 3.05) is 26.7 Å². The second-order valence-electron chi connectivity index (χ2n) is 8.97. The van der Waals surface area contributed by atoms with E-state index >= 15 is 0 Å². The van der Waals surface area contributed by atoms with Gasteiger partial charge in [0.15, 0.2) is 0 Å². The van der Waals surface area contributed by atoms with Crippen LogP contribution in [0.5, 0.6) is 5.75 Å². The van der Waals surface area contributed by atoms with E-state index in [1.54, 1.807) is 7.11 Å². The lowest BCUT2D eigenvalue weighted by atomic mass is 9.96. The van der Waals surface area contributed by atoms with E-state index in [-0.39, 0.29) is 5.91 Å². The number of aryl methyl sites for hydroxylation is 1. The second kappa shape index (κ2) is 9.49. The number of fused-ring (bicyclic) bond motifs is 2. The van der Waals surface area contributed by atoms with Gasteiger partial charge in [-0.25, -0.2) is 4.98 Å². The van der Waals surface area contributed by atoms with Crippen LogP contribution in [0.3, 0.4) is 0 Å². The summed E-state index contributed by atoms with van der Waals surface area (Å²) in [5.41, 5.74) is 3.58. The van der Waals surface area contributed by atoms with Gasteiger partial charge in [0.25, 0.3) is 5.91 Å². The standard InChI is InChI=1S/C27H29N3O2S/c1-18-4-3-5-20(12-18)17-30-10-8-19(9-11-30)16-28-26(31)25-14-22-13-21-6-7-23(32-2)15-24(21)29-27(22)33-25/h3-7,12-15,19H,8-11,16-17H2,1-2H3,(H,28,31). The van der Waals surface area contributed by atoms with Gasteiger partial charge < -0.3 is 10.1 Å². The Labute approximate surface area is 198 Å². The molecule has 4 aromatic rings. The molecule has 0 spiro atoms. The van der Waals surface area contributed by atoms with Crippen molar-refractivity contribution in [1.29, 1.82) is 0 Å². The monoisotopic (exact) mass is 459 g/mol. The van der Waals surface area contributed by atoms with Crippen LogP contribution in [0.25, 0.3) is 21.1 Å². The Morgan fingerprint density at radius 1 is 1.12 bits per heavy atom. The Hall–Kier alpha value is -2.96. The number of carbonyl (C=O) groups excluding carboxylic acids is 1. The van der Waals surface area contributed by atoms with E-state index in [0.29, 0.717) is 5.92 Å². The van der Waals surface area contributed by atoms with Crippen molar-refractivity contribution in [3.8, 4) is 5.75 Å². The van der Waals surface area contributed by atoms with E-state index in [1.807, 2.05) is 24.3 Å². The fraction of sp³-hybridized carbons (Fsp3) is 0.333. The Kier molecular flexibility index (Phi) is 6.29. The van der Waals surface area contributed by atoms with Gasteiger partial charge >= 0.3 is 0 Å². The molecule has 0 unspecified atom stereocenters. The molecule has 1 aliphatic heterocycles. The van der Waals surface area contributed by atoms with E-state index < -0.39 is 0 Å². The summed E-state index contributed by atoms with van der Waals surface area (Å²) in [5.74, 6) is 1.32. The zero-order valence-electron chi connectivity index (χ0n) is 19.1. The van der Waals surface area contributed by atoms with Crippen molar-refractivity contribution in [2.24, 2.45) is 5.92 Å². The molecule has 1 fully saturated rings. The van der Waals surface area contributed by atoms with Gasteiger partial charge in [-0.15, -0.1) is 11.3 Å². The molecule has 0 saturated carbocycles. The van der Waals surface area contributed by atoms with Crippen molar-refractivity contribution >= 4 is 38.4 Å². The highest BCUT2D eigenvalue weighted by molar-refractivity contribution is 7.20. The van der Waals surface area contributed by atoms with E-state index in [0.717, 1.165) is 70.8 Å². The number of pyridine rings is 1. The number of rotatable bonds is 6. The molecule has 0 radical (unpaired) electrons. The molecule has 1 aliphatic rings. The minimum atomic E-state index is 0.00169. The molecule has 6 heteroatoms. The predicted octanol–water partition coefficient (Wildman–Crippen LogP) is 5.41. The summed E-state index contributed by atoms with van der Waals surface area (Å²) in [6, 6.07) is 18.7. The van der Waals surface area contributed by atoms with Crippen LogP contribution in [0.4, 0.5) is 0 Å². The second-order valence-corrected chi connectivity index (χ2v) is 10.0. The van der Waals surface area contributed by atoms with Crippen LogP contribution in [0.2, 0.25) is 0 Å². The molecule has 0 atom stereocenters. The largest absolute Gasteiger partial charge is 0.497 e. The third-order valence-corrected chi connectivity index (χ3v) is 7.53. The normalized spacial score (nSPS) is 15.2. The smallest absolute Gasteiger partial charge is 0.261 e. The number of nitrogens with one attached hydrogen (secondary N) is 1. The first-order chi connectivity index (χ1) is 16.1. The highest BCUT2D eigenvalue weighted by Crippen LogP contribution is 2.29. The van der Waals surface area contributed by atoms with Gasteiger partial charge in [-0.05, 0) is 68.6 Å². The van der Waals surface area contributed by atoms with Crippen LogP contribution in [0.1, 0.15) is 33.6 Å². The van der Waals surface area contributed by atoms with E-state index in [4.69, 9.17) is 9.72 Å². The number of hydrogen-bond acceptors (Lipinski definition) is 5. The van der Waals surface area contributed by atoms with Gasteiger partial charge in [0.2, 0.25) is 0 Å². The lowest BCUT2D eigenvalue weighted by molar-refractivity contribution is 0.0939. The van der Waals surface area contributed by atoms with Crippen molar-refractivity contribution < 1.29 is 9.53 Å². The lowest BCUT2D eigenvalue weighted by Gasteiger charge is -2.32. The van der Waals surface area contributed by atoms with Gasteiger partial charge in [-0.3, -0.25) is 9.69 Å². The molecular weight excluding hydrogens is 430 g/mol. The molecule has 1 amide bonds. The van der Waals surface area contributed by atoms with Gasteiger partial charge in [0.1, 0.15) is 10.6 Å². The van der Waals surface area contributed by atoms with Crippen LogP contribution in [-0.4, -0.2) is 42.5 Å². The predicted molar refractivity (Wildman–Crippen MR) is 135 cm³/mol. The van der Waals surface area contributed by atoms with Crippen molar-refractivity contribution in [3.63, 3.8) is 0 Å². The first kappa shape index (κ1) is 21.9. The van der Waals surface area contributed by atoms with Crippen LogP contribution in [0, 0.1) is 12.8 Å². The molecule has 2 aromatic carbocycles. The summed E-state index contributed by atoms with van der Waals surface area (Å²) < 4.78 is 5.30. The summed E-state index contributed by atoms with van der Waals surface area (Å²) in [6.45, 7) is 6.05. The maximum atomic E-state index is 12.8. The van der Waals surface area contributed by atoms with Gasteiger partial charge in [0.05, 0.1) is 17.5 Å². The fourth-order valence-corrected chi connectivity index (χ4v) is 5.52. The molecule has 3 heterocycles. The number of ether oxygens (including phenoxy) is 1. The molecular formula is C27H29N3O2S. The number of benzene rings is 2. The Balaban J connectivity index is 1.17. The number of nitrogens with zero attached hydrogens (tertiary/aromatic N) is 2. The number of carbonyl (C=O) groups is 1. The lowest BCUT2D eigenvalue weighted by Crippen LogP contribution is -2.38. The van der Waals surface area contributed by atoms with E-state index in [2.05, 4.69) is 47.5 Å². The number of thiophene rings is 1. The molecule has 1 N–H and O–H groups in total. The SMILES string of the molecule is COc1ccc2cc3cc(C(=O)NCC4CCN(Cc5cccc(C)c5)CC4)sc3nc2c1. The number of methoxy groups -OCH3 is 1. The van der Waals surface area contributed by atoms with Crippen LogP contribution < -0.4 is 10.1 Å². The minimum Gasteiger partial charge on any atom is -0.497 e. The number of aromatic nitrogens is 1. The molecule has 5 nitrogen and oxygen atoms in total. The number of amides is 1.